The first-order chi connectivity index (χ1) is 12.0. The normalized spacial score (nSPS) is 17.3. The Morgan fingerprint density at radius 3 is 2.60 bits per heavy atom. The predicted molar refractivity (Wildman–Crippen MR) is 85.4 cm³/mol. The number of hydrogen-bond donors (Lipinski definition) is 2. The second kappa shape index (κ2) is 6.73. The number of nitrogens with two attached hydrogens (primary N) is 1. The molecule has 3 rings (SSSR count). The molecule has 2 aromatic rings. The molecule has 1 aliphatic heterocycles. The summed E-state index contributed by atoms with van der Waals surface area (Å²) in [5.41, 5.74) is 6.05. The topological polar surface area (TPSA) is 128 Å². The lowest BCUT2D eigenvalue weighted by Crippen LogP contribution is -2.48. The van der Waals surface area contributed by atoms with Crippen molar-refractivity contribution in [2.24, 2.45) is 5.73 Å². The number of carbonyl (C=O) groups is 3. The van der Waals surface area contributed by atoms with Crippen molar-refractivity contribution in [1.82, 2.24) is 14.7 Å². The number of primary amides is 1. The van der Waals surface area contributed by atoms with E-state index in [2.05, 4.69) is 5.10 Å². The summed E-state index contributed by atoms with van der Waals surface area (Å²) in [6.45, 7) is 0.274. The van der Waals surface area contributed by atoms with Crippen LogP contribution >= 0.6 is 0 Å². The molecule has 0 saturated carbocycles. The van der Waals surface area contributed by atoms with Crippen molar-refractivity contribution in [3.63, 3.8) is 0 Å². The summed E-state index contributed by atoms with van der Waals surface area (Å²) >= 11 is 0. The average molecular weight is 344 g/mol. The number of para-hydroxylation sites is 1. The van der Waals surface area contributed by atoms with Gasteiger partial charge in [0, 0.05) is 12.6 Å². The van der Waals surface area contributed by atoms with E-state index in [4.69, 9.17) is 15.6 Å². The van der Waals surface area contributed by atoms with Gasteiger partial charge in [-0.2, -0.15) is 5.10 Å². The number of carboxylic acid groups (broad SMARTS) is 1. The van der Waals surface area contributed by atoms with Gasteiger partial charge >= 0.3 is 5.97 Å². The summed E-state index contributed by atoms with van der Waals surface area (Å²) in [5, 5.41) is 13.2. The Hall–Kier alpha value is -3.20. The van der Waals surface area contributed by atoms with Crippen molar-refractivity contribution in [1.29, 1.82) is 0 Å². The van der Waals surface area contributed by atoms with Gasteiger partial charge in [0.2, 0.25) is 0 Å². The lowest BCUT2D eigenvalue weighted by Gasteiger charge is -2.30. The third-order valence-electron chi connectivity index (χ3n) is 3.81. The first-order valence-corrected chi connectivity index (χ1v) is 7.56. The van der Waals surface area contributed by atoms with Gasteiger partial charge < -0.3 is 20.5 Å². The second-order valence-electron chi connectivity index (χ2n) is 5.48. The van der Waals surface area contributed by atoms with E-state index in [0.717, 1.165) is 0 Å². The minimum Gasteiger partial charge on any atom is -0.479 e. The minimum atomic E-state index is -1.13. The highest BCUT2D eigenvalue weighted by atomic mass is 16.5. The smallest absolute Gasteiger partial charge is 0.334 e. The third-order valence-corrected chi connectivity index (χ3v) is 3.81. The number of amides is 2. The fourth-order valence-electron chi connectivity index (χ4n) is 2.57. The zero-order valence-corrected chi connectivity index (χ0v) is 13.2. The molecule has 2 amide bonds. The molecule has 25 heavy (non-hydrogen) atoms. The molecular formula is C16H16N4O5. The monoisotopic (exact) mass is 344 g/mol. The number of morpholine rings is 1. The van der Waals surface area contributed by atoms with Crippen LogP contribution in [0.3, 0.4) is 0 Å². The number of rotatable bonds is 4. The van der Waals surface area contributed by atoms with Gasteiger partial charge in [-0.3, -0.25) is 9.59 Å². The Kier molecular flexibility index (Phi) is 4.48. The van der Waals surface area contributed by atoms with Crippen molar-refractivity contribution in [2.45, 2.75) is 6.10 Å². The predicted octanol–water partition coefficient (Wildman–Crippen LogP) is -0.103. The summed E-state index contributed by atoms with van der Waals surface area (Å²) in [6, 6.07) is 10.1. The van der Waals surface area contributed by atoms with Crippen LogP contribution in [0.1, 0.15) is 21.0 Å². The van der Waals surface area contributed by atoms with Crippen LogP contribution in [0.5, 0.6) is 0 Å². The van der Waals surface area contributed by atoms with Gasteiger partial charge in [0.25, 0.3) is 11.8 Å². The van der Waals surface area contributed by atoms with Gasteiger partial charge in [-0.05, 0) is 12.1 Å². The fraction of sp³-hybridized carbons (Fsp3) is 0.250. The Morgan fingerprint density at radius 2 is 1.96 bits per heavy atom. The van der Waals surface area contributed by atoms with Gasteiger partial charge in [-0.15, -0.1) is 0 Å². The van der Waals surface area contributed by atoms with Gasteiger partial charge in [-0.1, -0.05) is 18.2 Å². The van der Waals surface area contributed by atoms with E-state index in [-0.39, 0.29) is 31.1 Å². The molecule has 0 radical (unpaired) electrons. The number of ether oxygens (including phenoxy) is 1. The number of carboxylic acids is 1. The molecule has 1 aromatic heterocycles. The van der Waals surface area contributed by atoms with Crippen LogP contribution in [0.4, 0.5) is 0 Å². The Balaban J connectivity index is 1.91. The van der Waals surface area contributed by atoms with Gasteiger partial charge in [0.15, 0.2) is 11.8 Å². The van der Waals surface area contributed by atoms with Crippen molar-refractivity contribution in [2.75, 3.05) is 19.7 Å². The summed E-state index contributed by atoms with van der Waals surface area (Å²) < 4.78 is 6.40. The number of aromatic nitrogens is 2. The van der Waals surface area contributed by atoms with Crippen LogP contribution in [0.25, 0.3) is 5.69 Å². The Morgan fingerprint density at radius 1 is 1.24 bits per heavy atom. The van der Waals surface area contributed by atoms with Gasteiger partial charge in [0.05, 0.1) is 18.8 Å². The quantitative estimate of drug-likeness (QED) is 0.797. The highest BCUT2D eigenvalue weighted by Gasteiger charge is 2.31. The summed E-state index contributed by atoms with van der Waals surface area (Å²) in [6.07, 6.45) is -1.08. The lowest BCUT2D eigenvalue weighted by molar-refractivity contribution is -0.154. The highest BCUT2D eigenvalue weighted by molar-refractivity contribution is 5.98. The van der Waals surface area contributed by atoms with Gasteiger partial charge in [-0.25, -0.2) is 9.48 Å². The molecule has 130 valence electrons. The molecule has 1 aliphatic rings. The van der Waals surface area contributed by atoms with Gasteiger partial charge in [0.1, 0.15) is 5.69 Å². The average Bonchev–Trinajstić information content (AvgIpc) is 3.07. The molecule has 1 fully saturated rings. The molecule has 2 heterocycles. The second-order valence-corrected chi connectivity index (χ2v) is 5.48. The molecule has 1 saturated heterocycles. The van der Waals surface area contributed by atoms with Crippen LogP contribution in [-0.2, 0) is 9.53 Å². The molecule has 1 atom stereocenters. The van der Waals surface area contributed by atoms with E-state index in [1.165, 1.54) is 15.6 Å². The van der Waals surface area contributed by atoms with Crippen LogP contribution in [0.15, 0.2) is 36.4 Å². The first kappa shape index (κ1) is 16.7. The standard InChI is InChI=1S/C16H16N4O5/c17-14(21)12-8-11(18-20(12)10-4-2-1-3-5-10)15(22)19-6-7-25-13(9-19)16(23)24/h1-5,8,13H,6-7,9H2,(H2,17,21)(H,23,24). The SMILES string of the molecule is NC(=O)c1cc(C(=O)N2CCOC(C(=O)O)C2)nn1-c1ccccc1. The van der Waals surface area contributed by atoms with Crippen molar-refractivity contribution >= 4 is 17.8 Å². The number of aliphatic carboxylic acids is 1. The molecule has 1 unspecified atom stereocenters. The Labute approximate surface area is 142 Å². The molecule has 9 nitrogen and oxygen atoms in total. The molecule has 3 N–H and O–H groups in total. The van der Waals surface area contributed by atoms with Crippen LogP contribution < -0.4 is 5.73 Å². The van der Waals surface area contributed by atoms with Crippen molar-refractivity contribution in [3.8, 4) is 5.69 Å². The fourth-order valence-corrected chi connectivity index (χ4v) is 2.57. The summed E-state index contributed by atoms with van der Waals surface area (Å²) in [4.78, 5) is 36.7. The van der Waals surface area contributed by atoms with Crippen LogP contribution in [0.2, 0.25) is 0 Å². The number of benzene rings is 1. The number of carbonyl (C=O) groups excluding carboxylic acids is 2. The molecule has 1 aromatic carbocycles. The molecule has 0 aliphatic carbocycles. The first-order valence-electron chi connectivity index (χ1n) is 7.56. The molecule has 0 spiro atoms. The van der Waals surface area contributed by atoms with Crippen molar-refractivity contribution in [3.05, 3.63) is 47.8 Å². The summed E-state index contributed by atoms with van der Waals surface area (Å²) in [7, 11) is 0. The lowest BCUT2D eigenvalue weighted by atomic mass is 10.2. The minimum absolute atomic E-state index is 0.0173. The van der Waals surface area contributed by atoms with E-state index in [1.807, 2.05) is 6.07 Å². The maximum atomic E-state index is 12.6. The molecule has 0 bridgehead atoms. The number of hydrogen-bond acceptors (Lipinski definition) is 5. The largest absolute Gasteiger partial charge is 0.479 e. The number of nitrogens with zero attached hydrogens (tertiary/aromatic N) is 3. The molecular weight excluding hydrogens is 328 g/mol. The van der Waals surface area contributed by atoms with E-state index >= 15 is 0 Å². The van der Waals surface area contributed by atoms with E-state index in [0.29, 0.717) is 5.69 Å². The third kappa shape index (κ3) is 3.36. The van der Waals surface area contributed by atoms with E-state index in [1.54, 1.807) is 24.3 Å². The zero-order chi connectivity index (χ0) is 18.0. The van der Waals surface area contributed by atoms with Crippen molar-refractivity contribution < 1.29 is 24.2 Å². The summed E-state index contributed by atoms with van der Waals surface area (Å²) in [5.74, 6) is -2.34. The van der Waals surface area contributed by atoms with E-state index in [9.17, 15) is 14.4 Å². The van der Waals surface area contributed by atoms with Crippen LogP contribution in [0, 0.1) is 0 Å². The maximum Gasteiger partial charge on any atom is 0.334 e. The Bertz CT molecular complexity index is 817. The maximum absolute atomic E-state index is 12.6. The zero-order valence-electron chi connectivity index (χ0n) is 13.2. The van der Waals surface area contributed by atoms with Crippen LogP contribution in [-0.4, -0.2) is 63.4 Å². The van der Waals surface area contributed by atoms with E-state index < -0.39 is 23.9 Å². The molecule has 9 heteroatoms. The highest BCUT2D eigenvalue weighted by Crippen LogP contribution is 2.15.